The van der Waals surface area contributed by atoms with Crippen LogP contribution in [0.1, 0.15) is 43.9 Å². The zero-order valence-corrected chi connectivity index (χ0v) is 17.6. The summed E-state index contributed by atoms with van der Waals surface area (Å²) in [7, 11) is 0. The lowest BCUT2D eigenvalue weighted by Crippen LogP contribution is -2.24. The summed E-state index contributed by atoms with van der Waals surface area (Å²) in [5, 5.41) is 18.5. The van der Waals surface area contributed by atoms with Gasteiger partial charge in [-0.2, -0.15) is 15.2 Å². The fourth-order valence-corrected chi connectivity index (χ4v) is 3.93. The summed E-state index contributed by atoms with van der Waals surface area (Å²) in [6.45, 7) is 5.40. The lowest BCUT2D eigenvalue weighted by molar-refractivity contribution is 0.626. The molecule has 3 N–H and O–H groups in total. The molecule has 9 heteroatoms. The minimum atomic E-state index is -0.297. The molecule has 1 fully saturated rings. The predicted molar refractivity (Wildman–Crippen MR) is 118 cm³/mol. The van der Waals surface area contributed by atoms with Gasteiger partial charge in [-0.15, -0.1) is 0 Å². The third kappa shape index (κ3) is 4.08. The van der Waals surface area contributed by atoms with E-state index in [1.54, 1.807) is 12.4 Å². The van der Waals surface area contributed by atoms with Gasteiger partial charge in [-0.3, -0.25) is 10.2 Å². The molecule has 1 aliphatic rings. The molecule has 31 heavy (non-hydrogen) atoms. The van der Waals surface area contributed by atoms with E-state index in [2.05, 4.69) is 42.6 Å². The molecule has 3 heterocycles. The average Bonchev–Trinajstić information content (AvgIpc) is 3.33. The van der Waals surface area contributed by atoms with Crippen molar-refractivity contribution in [2.75, 3.05) is 16.8 Å². The number of aromatic amines is 2. The third-order valence-corrected chi connectivity index (χ3v) is 5.95. The molecule has 0 amide bonds. The Morgan fingerprint density at radius 1 is 1.23 bits per heavy atom. The summed E-state index contributed by atoms with van der Waals surface area (Å²) in [4.78, 5) is 11.1. The van der Waals surface area contributed by atoms with E-state index in [1.165, 1.54) is 25.0 Å². The van der Waals surface area contributed by atoms with E-state index in [0.29, 0.717) is 36.3 Å². The molecule has 1 atom stereocenters. The molecule has 0 radical (unpaired) electrons. The van der Waals surface area contributed by atoms with Crippen LogP contribution in [0.3, 0.4) is 0 Å². The maximum atomic E-state index is 14.0. The SMILES string of the molecule is CCN(Cc1cc(F)cc2[nH]ncc12)c1nccc(Nc2cc([C@H](C)C3CC3)[nH]n2)n1. The molecule has 3 aromatic heterocycles. The van der Waals surface area contributed by atoms with Gasteiger partial charge in [-0.25, -0.2) is 9.37 Å². The number of aromatic nitrogens is 6. The average molecular weight is 420 g/mol. The van der Waals surface area contributed by atoms with E-state index in [9.17, 15) is 4.39 Å². The van der Waals surface area contributed by atoms with E-state index < -0.39 is 0 Å². The van der Waals surface area contributed by atoms with Crippen molar-refractivity contribution in [3.8, 4) is 0 Å². The van der Waals surface area contributed by atoms with Gasteiger partial charge in [0.2, 0.25) is 5.95 Å². The zero-order valence-electron chi connectivity index (χ0n) is 17.6. The molecule has 1 saturated carbocycles. The quantitative estimate of drug-likeness (QED) is 0.388. The van der Waals surface area contributed by atoms with E-state index in [4.69, 9.17) is 0 Å². The van der Waals surface area contributed by atoms with Crippen LogP contribution in [0.4, 0.5) is 22.0 Å². The summed E-state index contributed by atoms with van der Waals surface area (Å²) in [6, 6.07) is 6.84. The summed E-state index contributed by atoms with van der Waals surface area (Å²) in [5.41, 5.74) is 2.65. The second-order valence-electron chi connectivity index (χ2n) is 8.11. The van der Waals surface area contributed by atoms with Crippen molar-refractivity contribution < 1.29 is 4.39 Å². The van der Waals surface area contributed by atoms with E-state index in [0.717, 1.165) is 28.4 Å². The van der Waals surface area contributed by atoms with Crippen molar-refractivity contribution in [3.05, 3.63) is 53.7 Å². The number of nitrogens with zero attached hydrogens (tertiary/aromatic N) is 5. The number of hydrogen-bond donors (Lipinski definition) is 3. The summed E-state index contributed by atoms with van der Waals surface area (Å²) >= 11 is 0. The maximum absolute atomic E-state index is 14.0. The van der Waals surface area contributed by atoms with Crippen LogP contribution in [0.2, 0.25) is 0 Å². The molecule has 0 spiro atoms. The van der Waals surface area contributed by atoms with Crippen molar-refractivity contribution in [1.82, 2.24) is 30.4 Å². The molecule has 8 nitrogen and oxygen atoms in total. The topological polar surface area (TPSA) is 98.4 Å². The molecule has 5 rings (SSSR count). The largest absolute Gasteiger partial charge is 0.337 e. The Labute approximate surface area is 179 Å². The van der Waals surface area contributed by atoms with Crippen LogP contribution in [0, 0.1) is 11.7 Å². The lowest BCUT2D eigenvalue weighted by Gasteiger charge is -2.21. The molecule has 0 aliphatic heterocycles. The second kappa shape index (κ2) is 7.98. The molecule has 1 aliphatic carbocycles. The molecule has 0 unspecified atom stereocenters. The number of hydrogen-bond acceptors (Lipinski definition) is 6. The number of nitrogens with one attached hydrogen (secondary N) is 3. The second-order valence-corrected chi connectivity index (χ2v) is 8.11. The van der Waals surface area contributed by atoms with Crippen molar-refractivity contribution in [2.45, 2.75) is 39.2 Å². The number of halogens is 1. The number of fused-ring (bicyclic) bond motifs is 1. The first-order valence-corrected chi connectivity index (χ1v) is 10.6. The van der Waals surface area contributed by atoms with Crippen LogP contribution < -0.4 is 10.2 Å². The minimum absolute atomic E-state index is 0.297. The van der Waals surface area contributed by atoms with Gasteiger partial charge in [0.15, 0.2) is 5.82 Å². The van der Waals surface area contributed by atoms with Crippen molar-refractivity contribution >= 4 is 28.5 Å². The lowest BCUT2D eigenvalue weighted by atomic mass is 10.0. The van der Waals surface area contributed by atoms with E-state index in [-0.39, 0.29) is 5.82 Å². The van der Waals surface area contributed by atoms with Crippen LogP contribution in [0.25, 0.3) is 10.9 Å². The van der Waals surface area contributed by atoms with Crippen molar-refractivity contribution in [1.29, 1.82) is 0 Å². The Kier molecular flexibility index (Phi) is 5.01. The Balaban J connectivity index is 1.35. The number of benzene rings is 1. The predicted octanol–water partition coefficient (Wildman–Crippen LogP) is 4.50. The third-order valence-electron chi connectivity index (χ3n) is 5.95. The fourth-order valence-electron chi connectivity index (χ4n) is 3.93. The highest BCUT2D eigenvalue weighted by Gasteiger charge is 2.30. The van der Waals surface area contributed by atoms with E-state index in [1.807, 2.05) is 24.0 Å². The summed E-state index contributed by atoms with van der Waals surface area (Å²) < 4.78 is 14.0. The Hall–Kier alpha value is -3.49. The monoisotopic (exact) mass is 420 g/mol. The van der Waals surface area contributed by atoms with Gasteiger partial charge < -0.3 is 10.2 Å². The van der Waals surface area contributed by atoms with Crippen LogP contribution in [-0.2, 0) is 6.54 Å². The van der Waals surface area contributed by atoms with Gasteiger partial charge in [-0.05, 0) is 49.4 Å². The van der Waals surface area contributed by atoms with Gasteiger partial charge in [0.25, 0.3) is 0 Å². The Morgan fingerprint density at radius 2 is 2.10 bits per heavy atom. The zero-order chi connectivity index (χ0) is 21.4. The molecular formula is C22H25FN8. The van der Waals surface area contributed by atoms with Crippen LogP contribution in [0.5, 0.6) is 0 Å². The Bertz CT molecular complexity index is 1200. The van der Waals surface area contributed by atoms with Crippen molar-refractivity contribution in [3.63, 3.8) is 0 Å². The summed E-state index contributed by atoms with van der Waals surface area (Å²) in [5.74, 6) is 2.92. The maximum Gasteiger partial charge on any atom is 0.227 e. The fraction of sp³-hybridized carbons (Fsp3) is 0.364. The Morgan fingerprint density at radius 3 is 2.90 bits per heavy atom. The van der Waals surface area contributed by atoms with Crippen molar-refractivity contribution in [2.24, 2.45) is 5.92 Å². The molecular weight excluding hydrogens is 395 g/mol. The smallest absolute Gasteiger partial charge is 0.227 e. The first kappa shape index (κ1) is 19.5. The van der Waals surface area contributed by atoms with Gasteiger partial charge >= 0.3 is 0 Å². The highest BCUT2D eigenvalue weighted by molar-refractivity contribution is 5.82. The normalized spacial score (nSPS) is 14.7. The van der Waals surface area contributed by atoms with Crippen LogP contribution >= 0.6 is 0 Å². The number of rotatable bonds is 8. The highest BCUT2D eigenvalue weighted by atomic mass is 19.1. The number of anilines is 3. The van der Waals surface area contributed by atoms with Crippen LogP contribution in [0.15, 0.2) is 36.7 Å². The number of H-pyrrole nitrogens is 2. The van der Waals surface area contributed by atoms with E-state index >= 15 is 0 Å². The first-order chi connectivity index (χ1) is 15.1. The molecule has 4 aromatic rings. The van der Waals surface area contributed by atoms with Gasteiger partial charge in [0, 0.05) is 42.4 Å². The summed E-state index contributed by atoms with van der Waals surface area (Å²) in [6.07, 6.45) is 6.02. The molecule has 160 valence electrons. The van der Waals surface area contributed by atoms with Gasteiger partial charge in [0.1, 0.15) is 11.6 Å². The molecule has 0 bridgehead atoms. The standard InChI is InChI=1S/C22H25FN8/c1-3-31(12-15-8-16(23)9-19-17(15)11-25-28-19)22-24-7-6-20(27-22)26-21-10-18(29-30-21)13(2)14-4-5-14/h6-11,13-14H,3-5,12H2,1-2H3,(H,25,28)(H2,24,26,27,29,30)/t13-/m1/s1. The molecule has 0 saturated heterocycles. The minimum Gasteiger partial charge on any atom is -0.337 e. The first-order valence-electron chi connectivity index (χ1n) is 10.6. The highest BCUT2D eigenvalue weighted by Crippen LogP contribution is 2.42. The van der Waals surface area contributed by atoms with Crippen LogP contribution in [-0.4, -0.2) is 36.9 Å². The molecule has 1 aromatic carbocycles. The van der Waals surface area contributed by atoms with Gasteiger partial charge in [-0.1, -0.05) is 6.92 Å². The van der Waals surface area contributed by atoms with Gasteiger partial charge in [0.05, 0.1) is 11.7 Å².